The smallest absolute Gasteiger partial charge is 0.186 e. The maximum absolute atomic E-state index is 11.2. The van der Waals surface area contributed by atoms with Crippen LogP contribution >= 0.6 is 0 Å². The molecule has 0 amide bonds. The fourth-order valence-electron chi connectivity index (χ4n) is 9.59. The Morgan fingerprint density at radius 3 is 2.38 bits per heavy atom. The molecule has 1 saturated heterocycles. The van der Waals surface area contributed by atoms with Crippen LogP contribution in [-0.4, -0.2) is 86.8 Å². The lowest BCUT2D eigenvalue weighted by atomic mass is 9.41. The fourth-order valence-corrected chi connectivity index (χ4v) is 9.59. The average molecular weight is 485 g/mol. The molecule has 34 heavy (non-hydrogen) atoms. The third-order valence-electron chi connectivity index (χ3n) is 11.1. The van der Waals surface area contributed by atoms with Gasteiger partial charge in [-0.3, -0.25) is 0 Å². The summed E-state index contributed by atoms with van der Waals surface area (Å²) in [6, 6.07) is 0. The summed E-state index contributed by atoms with van der Waals surface area (Å²) < 4.78 is 11.7. The Hall–Kier alpha value is -0.320. The van der Waals surface area contributed by atoms with Crippen LogP contribution in [0.1, 0.15) is 71.6 Å². The minimum Gasteiger partial charge on any atom is -0.394 e. The number of hydrogen-bond donors (Lipinski definition) is 6. The van der Waals surface area contributed by atoms with Crippen molar-refractivity contribution in [3.8, 4) is 0 Å². The van der Waals surface area contributed by atoms with Crippen molar-refractivity contribution in [3.05, 3.63) is 0 Å². The molecular formula is C26H44O8. The molecule has 8 heteroatoms. The van der Waals surface area contributed by atoms with Gasteiger partial charge in [-0.1, -0.05) is 20.3 Å². The maximum Gasteiger partial charge on any atom is 0.186 e. The Kier molecular flexibility index (Phi) is 6.42. The largest absolute Gasteiger partial charge is 0.394 e. The van der Waals surface area contributed by atoms with E-state index in [2.05, 4.69) is 13.8 Å². The number of aliphatic hydroxyl groups is 6. The molecular weight excluding hydrogens is 440 g/mol. The van der Waals surface area contributed by atoms with E-state index in [1.807, 2.05) is 0 Å². The number of rotatable bonds is 5. The number of hydrogen-bond acceptors (Lipinski definition) is 8. The lowest BCUT2D eigenvalue weighted by Crippen LogP contribution is -2.60. The van der Waals surface area contributed by atoms with Crippen LogP contribution in [0.3, 0.4) is 0 Å². The van der Waals surface area contributed by atoms with E-state index < -0.39 is 42.9 Å². The quantitative estimate of drug-likeness (QED) is 0.339. The van der Waals surface area contributed by atoms with Gasteiger partial charge in [0.2, 0.25) is 0 Å². The topological polar surface area (TPSA) is 140 Å². The fraction of sp³-hybridized carbons (Fsp3) is 1.00. The van der Waals surface area contributed by atoms with E-state index in [1.165, 1.54) is 0 Å². The maximum atomic E-state index is 11.2. The van der Waals surface area contributed by atoms with E-state index in [1.54, 1.807) is 0 Å². The molecule has 2 bridgehead atoms. The monoisotopic (exact) mass is 484 g/mol. The molecule has 0 aromatic heterocycles. The number of ether oxygens (including phenoxy) is 2. The van der Waals surface area contributed by atoms with E-state index in [0.717, 1.165) is 51.4 Å². The number of fused-ring (bicyclic) bond motifs is 3. The predicted molar refractivity (Wildman–Crippen MR) is 122 cm³/mol. The predicted octanol–water partition coefficient (Wildman–Crippen LogP) is 0.939. The molecule has 5 fully saturated rings. The van der Waals surface area contributed by atoms with Crippen molar-refractivity contribution in [1.82, 2.24) is 0 Å². The summed E-state index contributed by atoms with van der Waals surface area (Å²) in [5.74, 6) is 1.15. The van der Waals surface area contributed by atoms with Gasteiger partial charge in [-0.15, -0.1) is 0 Å². The molecule has 12 atom stereocenters. The van der Waals surface area contributed by atoms with Crippen molar-refractivity contribution in [2.45, 2.75) is 108 Å². The van der Waals surface area contributed by atoms with Gasteiger partial charge >= 0.3 is 0 Å². The van der Waals surface area contributed by atoms with Crippen LogP contribution in [-0.2, 0) is 9.47 Å². The van der Waals surface area contributed by atoms with E-state index >= 15 is 0 Å². The van der Waals surface area contributed by atoms with Gasteiger partial charge < -0.3 is 40.1 Å². The highest BCUT2D eigenvalue weighted by atomic mass is 16.7. The highest BCUT2D eigenvalue weighted by Crippen LogP contribution is 2.72. The van der Waals surface area contributed by atoms with E-state index in [4.69, 9.17) is 9.47 Å². The van der Waals surface area contributed by atoms with E-state index in [9.17, 15) is 30.6 Å². The van der Waals surface area contributed by atoms with Gasteiger partial charge in [0, 0.05) is 0 Å². The summed E-state index contributed by atoms with van der Waals surface area (Å²) in [6.45, 7) is 4.47. The lowest BCUT2D eigenvalue weighted by molar-refractivity contribution is -0.310. The zero-order valence-corrected chi connectivity index (χ0v) is 20.6. The second-order valence-corrected chi connectivity index (χ2v) is 12.9. The van der Waals surface area contributed by atoms with E-state index in [0.29, 0.717) is 24.9 Å². The average Bonchev–Trinajstić information content (AvgIpc) is 3.02. The third kappa shape index (κ3) is 3.63. The molecule has 1 heterocycles. The Labute approximate surface area is 202 Å². The SMILES string of the molecule is C[C@]1(CO[C@@H]2O[C@H](CO)[C@@H](O)[C@H](O)[C@H]2O)CCC[C@]2(C)[C@@H]1CC[C@@]13C[C@@H](CC[C@H]12)[C@@](O)(CO)C3. The first-order chi connectivity index (χ1) is 16.0. The first-order valence-corrected chi connectivity index (χ1v) is 13.3. The normalized spacial score (nSPS) is 57.2. The molecule has 6 N–H and O–H groups in total. The molecule has 5 rings (SSSR count). The molecule has 0 radical (unpaired) electrons. The molecule has 0 aromatic carbocycles. The van der Waals surface area contributed by atoms with Gasteiger partial charge in [-0.2, -0.15) is 0 Å². The van der Waals surface area contributed by atoms with Crippen LogP contribution in [0.25, 0.3) is 0 Å². The van der Waals surface area contributed by atoms with Crippen molar-refractivity contribution in [2.24, 2.45) is 34.0 Å². The van der Waals surface area contributed by atoms with Crippen LogP contribution in [0, 0.1) is 34.0 Å². The third-order valence-corrected chi connectivity index (χ3v) is 11.1. The lowest BCUT2D eigenvalue weighted by Gasteiger charge is -2.64. The molecule has 1 aliphatic heterocycles. The standard InChI is InChI=1S/C26H44O8/c1-23(14-33-22-21(31)20(30)19(29)16(11-27)34-22)7-3-8-24(2)17(23)6-9-25-10-15(4-5-18(24)25)26(32,12-25)13-28/h15-22,27-32H,3-14H2,1-2H3/t15-,16-,17-,18+,19-,20+,21-,22-,23-,24-,25+,26+/m1/s1. The van der Waals surface area contributed by atoms with Crippen molar-refractivity contribution < 1.29 is 40.1 Å². The van der Waals surface area contributed by atoms with Crippen molar-refractivity contribution in [3.63, 3.8) is 0 Å². The summed E-state index contributed by atoms with van der Waals surface area (Å²) in [7, 11) is 0. The minimum atomic E-state index is -1.43. The van der Waals surface area contributed by atoms with Crippen LogP contribution < -0.4 is 0 Å². The Balaban J connectivity index is 1.34. The molecule has 196 valence electrons. The zero-order valence-electron chi connectivity index (χ0n) is 20.6. The van der Waals surface area contributed by atoms with Gasteiger partial charge in [0.1, 0.15) is 24.4 Å². The Bertz CT molecular complexity index is 763. The summed E-state index contributed by atoms with van der Waals surface area (Å²) in [4.78, 5) is 0. The summed E-state index contributed by atoms with van der Waals surface area (Å²) in [5.41, 5.74) is -0.823. The minimum absolute atomic E-state index is 0.113. The van der Waals surface area contributed by atoms with Crippen molar-refractivity contribution in [2.75, 3.05) is 19.8 Å². The molecule has 0 unspecified atom stereocenters. The van der Waals surface area contributed by atoms with Crippen molar-refractivity contribution in [1.29, 1.82) is 0 Å². The number of aliphatic hydroxyl groups excluding tert-OH is 5. The van der Waals surface area contributed by atoms with Gasteiger partial charge in [0.05, 0.1) is 25.4 Å². The second kappa shape index (κ2) is 8.62. The summed E-state index contributed by atoms with van der Waals surface area (Å²) in [5, 5.41) is 61.3. The van der Waals surface area contributed by atoms with Crippen LogP contribution in [0.5, 0.6) is 0 Å². The van der Waals surface area contributed by atoms with Crippen LogP contribution in [0.4, 0.5) is 0 Å². The van der Waals surface area contributed by atoms with E-state index in [-0.39, 0.29) is 28.8 Å². The van der Waals surface area contributed by atoms with Crippen molar-refractivity contribution >= 4 is 0 Å². The molecule has 1 spiro atoms. The summed E-state index contributed by atoms with van der Waals surface area (Å²) in [6.07, 6.45) is 2.91. The van der Waals surface area contributed by atoms with Gasteiger partial charge in [-0.25, -0.2) is 0 Å². The summed E-state index contributed by atoms with van der Waals surface area (Å²) >= 11 is 0. The second-order valence-electron chi connectivity index (χ2n) is 12.9. The molecule has 4 aliphatic carbocycles. The van der Waals surface area contributed by atoms with Gasteiger partial charge in [0.25, 0.3) is 0 Å². The van der Waals surface area contributed by atoms with Gasteiger partial charge in [0.15, 0.2) is 6.29 Å². The molecule has 8 nitrogen and oxygen atoms in total. The molecule has 0 aromatic rings. The first-order valence-electron chi connectivity index (χ1n) is 13.3. The van der Waals surface area contributed by atoms with Crippen LogP contribution in [0.15, 0.2) is 0 Å². The first kappa shape index (κ1) is 25.3. The highest BCUT2D eigenvalue weighted by Gasteiger charge is 2.67. The van der Waals surface area contributed by atoms with Gasteiger partial charge in [-0.05, 0) is 85.4 Å². The van der Waals surface area contributed by atoms with Crippen LogP contribution in [0.2, 0.25) is 0 Å². The Morgan fingerprint density at radius 1 is 0.912 bits per heavy atom. The highest BCUT2D eigenvalue weighted by molar-refractivity contribution is 5.17. The zero-order chi connectivity index (χ0) is 24.5. The Morgan fingerprint density at radius 2 is 1.68 bits per heavy atom. The molecule has 5 aliphatic rings. The molecule has 4 saturated carbocycles.